The van der Waals surface area contributed by atoms with Crippen molar-refractivity contribution >= 4 is 52.7 Å². The molecule has 1 amide bonds. The van der Waals surface area contributed by atoms with Crippen molar-refractivity contribution in [3.05, 3.63) is 107 Å². The van der Waals surface area contributed by atoms with Gasteiger partial charge in [0.05, 0.1) is 16.6 Å². The number of imidazole rings is 1. The van der Waals surface area contributed by atoms with Gasteiger partial charge in [-0.3, -0.25) is 9.59 Å². The Labute approximate surface area is 296 Å². The first-order valence-corrected chi connectivity index (χ1v) is 16.9. The Hall–Kier alpha value is -4.66. The maximum Gasteiger partial charge on any atom is 0.335 e. The summed E-state index contributed by atoms with van der Waals surface area (Å²) >= 11 is 6.17. The number of carbonyl (C=O) groups is 3. The lowest BCUT2D eigenvalue weighted by Gasteiger charge is -2.26. The average molecular weight is 699 g/mol. The highest BCUT2D eigenvalue weighted by Crippen LogP contribution is 2.37. The van der Waals surface area contributed by atoms with Crippen molar-refractivity contribution in [2.24, 2.45) is 0 Å². The molecule has 2 heterocycles. The van der Waals surface area contributed by atoms with Gasteiger partial charge in [-0.2, -0.15) is 0 Å². The first-order chi connectivity index (χ1) is 23.3. The van der Waals surface area contributed by atoms with Crippen LogP contribution in [0.1, 0.15) is 77.3 Å². The summed E-state index contributed by atoms with van der Waals surface area (Å²) in [5, 5.41) is 10.2. The van der Waals surface area contributed by atoms with Crippen molar-refractivity contribution in [2.75, 3.05) is 13.1 Å². The second-order valence-electron chi connectivity index (χ2n) is 12.6. The van der Waals surface area contributed by atoms with E-state index in [1.807, 2.05) is 72.8 Å². The van der Waals surface area contributed by atoms with Crippen molar-refractivity contribution in [1.82, 2.24) is 14.5 Å². The van der Waals surface area contributed by atoms with E-state index in [0.717, 1.165) is 59.3 Å². The highest BCUT2D eigenvalue weighted by molar-refractivity contribution is 6.30. The summed E-state index contributed by atoms with van der Waals surface area (Å²) in [6.45, 7) is 1.10. The van der Waals surface area contributed by atoms with Gasteiger partial charge in [-0.15, -0.1) is 12.4 Å². The molecule has 2 aliphatic rings. The number of rotatable bonds is 8. The number of hydrogen-bond acceptors (Lipinski definition) is 5. The lowest BCUT2D eigenvalue weighted by atomic mass is 9.95. The smallest absolute Gasteiger partial charge is 0.335 e. The first kappa shape index (κ1) is 34.2. The number of carboxylic acid groups (broad SMARTS) is 1. The number of likely N-dealkylation sites (tertiary alicyclic amines) is 1. The molecule has 49 heavy (non-hydrogen) atoms. The fraction of sp³-hybridized carbons (Fsp3) is 0.282. The molecule has 0 unspecified atom stereocenters. The van der Waals surface area contributed by atoms with Gasteiger partial charge >= 0.3 is 5.97 Å². The molecule has 7 rings (SSSR count). The Morgan fingerprint density at radius 2 is 1.51 bits per heavy atom. The van der Waals surface area contributed by atoms with E-state index in [0.29, 0.717) is 53.8 Å². The van der Waals surface area contributed by atoms with Crippen LogP contribution in [0, 0.1) is 0 Å². The molecule has 1 aliphatic carbocycles. The summed E-state index contributed by atoms with van der Waals surface area (Å²) in [6, 6.07) is 26.6. The number of aromatic nitrogens is 2. The van der Waals surface area contributed by atoms with Crippen molar-refractivity contribution < 1.29 is 24.2 Å². The fourth-order valence-electron chi connectivity index (χ4n) is 6.90. The molecule has 1 saturated heterocycles. The average Bonchev–Trinajstić information content (AvgIpc) is 3.50. The van der Waals surface area contributed by atoms with Crippen molar-refractivity contribution in [1.29, 1.82) is 0 Å². The van der Waals surface area contributed by atoms with Crippen LogP contribution in [0.15, 0.2) is 84.9 Å². The molecule has 252 valence electrons. The summed E-state index contributed by atoms with van der Waals surface area (Å²) < 4.78 is 8.61. The number of piperidine rings is 1. The molecule has 10 heteroatoms. The number of carbonyl (C=O) groups excluding carboxylic acids is 2. The molecule has 0 radical (unpaired) electrons. The summed E-state index contributed by atoms with van der Waals surface area (Å²) in [7, 11) is 0. The van der Waals surface area contributed by atoms with Gasteiger partial charge in [0.2, 0.25) is 0 Å². The van der Waals surface area contributed by atoms with Crippen LogP contribution in [-0.4, -0.2) is 50.3 Å². The highest BCUT2D eigenvalue weighted by Gasteiger charge is 2.24. The van der Waals surface area contributed by atoms with E-state index in [1.54, 1.807) is 17.0 Å². The van der Waals surface area contributed by atoms with Gasteiger partial charge in [-0.05, 0) is 96.3 Å². The van der Waals surface area contributed by atoms with E-state index < -0.39 is 5.97 Å². The predicted molar refractivity (Wildman–Crippen MR) is 193 cm³/mol. The molecule has 1 N–H and O–H groups in total. The lowest BCUT2D eigenvalue weighted by Crippen LogP contribution is -2.38. The van der Waals surface area contributed by atoms with Gasteiger partial charge in [0, 0.05) is 48.1 Å². The standard InChI is InChI=1S/C39H36ClN3O5.ClH/c40-30-12-6-25(7-13-30)34-16-10-27(38(45)42-20-18-32(44)19-21-42)22-29(34)24-48-33-14-8-26(9-15-33)37-41-35-23-28(39(46)47)11-17-36(35)43(37)31-4-2-1-3-5-31;/h6-17,22-23,31H,1-5,18-21,24H2,(H,46,47);1H. The van der Waals surface area contributed by atoms with E-state index in [1.165, 1.54) is 6.42 Å². The van der Waals surface area contributed by atoms with Crippen LogP contribution in [0.4, 0.5) is 0 Å². The van der Waals surface area contributed by atoms with Gasteiger partial charge in [0.1, 0.15) is 24.0 Å². The molecule has 4 aromatic carbocycles. The Balaban J connectivity index is 0.00000417. The number of fused-ring (bicyclic) bond motifs is 1. The summed E-state index contributed by atoms with van der Waals surface area (Å²) in [6.07, 6.45) is 6.45. The number of carboxylic acids is 1. The van der Waals surface area contributed by atoms with Crippen LogP contribution >= 0.6 is 24.0 Å². The zero-order chi connectivity index (χ0) is 33.2. The Morgan fingerprint density at radius 1 is 0.837 bits per heavy atom. The van der Waals surface area contributed by atoms with Crippen molar-refractivity contribution in [2.45, 2.75) is 57.6 Å². The SMILES string of the molecule is Cl.O=C1CCN(C(=O)c2ccc(-c3ccc(Cl)cc3)c(COc3ccc(-c4nc5cc(C(=O)O)ccc5n4C4CCCCC4)cc3)c2)CC1. The second kappa shape index (κ2) is 14.8. The summed E-state index contributed by atoms with van der Waals surface area (Å²) in [5.74, 6) is 0.620. The van der Waals surface area contributed by atoms with Crippen molar-refractivity contribution in [3.8, 4) is 28.3 Å². The molecule has 1 aliphatic heterocycles. The number of nitrogens with zero attached hydrogens (tertiary/aromatic N) is 3. The van der Waals surface area contributed by atoms with Crippen LogP contribution in [0.5, 0.6) is 5.75 Å². The Morgan fingerprint density at radius 3 is 2.20 bits per heavy atom. The number of ketones is 1. The largest absolute Gasteiger partial charge is 0.489 e. The number of amides is 1. The van der Waals surface area contributed by atoms with Crippen LogP contribution in [0.3, 0.4) is 0 Å². The minimum Gasteiger partial charge on any atom is -0.489 e. The zero-order valence-electron chi connectivity index (χ0n) is 26.9. The second-order valence-corrected chi connectivity index (χ2v) is 13.1. The number of hydrogen-bond donors (Lipinski definition) is 1. The van der Waals surface area contributed by atoms with Gasteiger partial charge in [-0.25, -0.2) is 9.78 Å². The quantitative estimate of drug-likeness (QED) is 0.174. The molecule has 0 spiro atoms. The van der Waals surface area contributed by atoms with Crippen molar-refractivity contribution in [3.63, 3.8) is 0 Å². The van der Waals surface area contributed by atoms with Crippen LogP contribution in [-0.2, 0) is 11.4 Å². The molecular formula is C39H37Cl2N3O5. The molecule has 8 nitrogen and oxygen atoms in total. The Kier molecular flexibility index (Phi) is 10.4. The maximum absolute atomic E-state index is 13.4. The molecule has 0 atom stereocenters. The number of aromatic carboxylic acids is 1. The molecule has 1 aromatic heterocycles. The van der Waals surface area contributed by atoms with Crippen LogP contribution in [0.25, 0.3) is 33.5 Å². The Bertz CT molecular complexity index is 1990. The van der Waals surface area contributed by atoms with E-state index >= 15 is 0 Å². The molecule has 5 aromatic rings. The highest BCUT2D eigenvalue weighted by atomic mass is 35.5. The number of benzene rings is 4. The maximum atomic E-state index is 13.4. The molecule has 0 bridgehead atoms. The third-order valence-electron chi connectivity index (χ3n) is 9.50. The van der Waals surface area contributed by atoms with Gasteiger partial charge in [0.15, 0.2) is 0 Å². The molecular weight excluding hydrogens is 661 g/mol. The van der Waals surface area contributed by atoms with E-state index in [9.17, 15) is 19.5 Å². The zero-order valence-corrected chi connectivity index (χ0v) is 28.5. The van der Waals surface area contributed by atoms with Gasteiger partial charge in [0.25, 0.3) is 5.91 Å². The van der Waals surface area contributed by atoms with E-state index in [2.05, 4.69) is 4.57 Å². The normalized spacial score (nSPS) is 15.2. The van der Waals surface area contributed by atoms with Gasteiger partial charge in [-0.1, -0.05) is 49.1 Å². The van der Waals surface area contributed by atoms with Gasteiger partial charge < -0.3 is 19.3 Å². The number of ether oxygens (including phenoxy) is 1. The fourth-order valence-corrected chi connectivity index (χ4v) is 7.03. The minimum atomic E-state index is -0.968. The number of halogens is 2. The molecule has 1 saturated carbocycles. The monoisotopic (exact) mass is 697 g/mol. The predicted octanol–water partition coefficient (Wildman–Crippen LogP) is 9.03. The van der Waals surface area contributed by atoms with Crippen LogP contribution < -0.4 is 4.74 Å². The molecule has 2 fully saturated rings. The van der Waals surface area contributed by atoms with E-state index in [-0.39, 0.29) is 36.3 Å². The number of Topliss-reactive ketones (excluding diaryl/α,β-unsaturated/α-hetero) is 1. The lowest BCUT2D eigenvalue weighted by molar-refractivity contribution is -0.120. The summed E-state index contributed by atoms with van der Waals surface area (Å²) in [5.41, 5.74) is 6.09. The van der Waals surface area contributed by atoms with Crippen LogP contribution in [0.2, 0.25) is 5.02 Å². The minimum absolute atomic E-state index is 0. The van der Waals surface area contributed by atoms with E-state index in [4.69, 9.17) is 21.3 Å². The first-order valence-electron chi connectivity index (χ1n) is 16.5. The topological polar surface area (TPSA) is 102 Å². The third kappa shape index (κ3) is 7.36. The third-order valence-corrected chi connectivity index (χ3v) is 9.75. The summed E-state index contributed by atoms with van der Waals surface area (Å²) in [4.78, 5) is 43.5.